The standard InChI is InChI=1S/C21H29N3O2S/c1-14(2)21-23-15(3)19(27-21)20(25)22-13-18(24-10-5-6-11-24)16-8-7-9-17(12-16)26-4/h7-9,12,14,18H,5-6,10-11,13H2,1-4H3,(H,22,25)/t18-/m0/s1. The van der Waals surface area contributed by atoms with E-state index < -0.39 is 0 Å². The van der Waals surface area contributed by atoms with E-state index in [9.17, 15) is 4.79 Å². The van der Waals surface area contributed by atoms with E-state index >= 15 is 0 Å². The molecule has 0 radical (unpaired) electrons. The minimum atomic E-state index is -0.0241. The van der Waals surface area contributed by atoms with Gasteiger partial charge in [-0.1, -0.05) is 26.0 Å². The molecule has 1 aromatic heterocycles. The van der Waals surface area contributed by atoms with Gasteiger partial charge in [0.15, 0.2) is 0 Å². The van der Waals surface area contributed by atoms with Gasteiger partial charge in [-0.25, -0.2) is 4.98 Å². The third-order valence-electron chi connectivity index (χ3n) is 5.03. The molecule has 6 heteroatoms. The average Bonchev–Trinajstić information content (AvgIpc) is 3.32. The first-order chi connectivity index (χ1) is 13.0. The molecule has 1 amide bonds. The van der Waals surface area contributed by atoms with Crippen molar-refractivity contribution in [3.63, 3.8) is 0 Å². The summed E-state index contributed by atoms with van der Waals surface area (Å²) in [6, 6.07) is 8.32. The highest BCUT2D eigenvalue weighted by atomic mass is 32.1. The summed E-state index contributed by atoms with van der Waals surface area (Å²) in [6.07, 6.45) is 2.42. The van der Waals surface area contributed by atoms with Gasteiger partial charge in [0.05, 0.1) is 23.9 Å². The maximum absolute atomic E-state index is 12.8. The van der Waals surface area contributed by atoms with E-state index in [4.69, 9.17) is 4.74 Å². The molecule has 1 aliphatic heterocycles. The van der Waals surface area contributed by atoms with E-state index in [-0.39, 0.29) is 11.9 Å². The van der Waals surface area contributed by atoms with Gasteiger partial charge in [0.1, 0.15) is 10.6 Å². The lowest BCUT2D eigenvalue weighted by molar-refractivity contribution is 0.0941. The Morgan fingerprint density at radius 3 is 2.70 bits per heavy atom. The van der Waals surface area contributed by atoms with Gasteiger partial charge in [-0.05, 0) is 50.6 Å². The third-order valence-corrected chi connectivity index (χ3v) is 6.49. The zero-order valence-electron chi connectivity index (χ0n) is 16.6. The molecule has 5 nitrogen and oxygen atoms in total. The molecule has 1 N–H and O–H groups in total. The number of aromatic nitrogens is 1. The first kappa shape index (κ1) is 19.8. The molecule has 0 bridgehead atoms. The number of hydrogen-bond donors (Lipinski definition) is 1. The number of ether oxygens (including phenoxy) is 1. The number of nitrogens with one attached hydrogen (secondary N) is 1. The van der Waals surface area contributed by atoms with Crippen LogP contribution in [0.25, 0.3) is 0 Å². The van der Waals surface area contributed by atoms with Crippen LogP contribution in [-0.2, 0) is 0 Å². The summed E-state index contributed by atoms with van der Waals surface area (Å²) < 4.78 is 5.39. The Kier molecular flexibility index (Phi) is 6.50. The SMILES string of the molecule is COc1cccc([C@H](CNC(=O)c2sc(C(C)C)nc2C)N2CCCC2)c1. The summed E-state index contributed by atoms with van der Waals surface area (Å²) in [4.78, 5) is 20.5. The van der Waals surface area contributed by atoms with E-state index in [1.165, 1.54) is 29.7 Å². The van der Waals surface area contributed by atoms with Crippen LogP contribution in [0.15, 0.2) is 24.3 Å². The molecule has 3 rings (SSSR count). The van der Waals surface area contributed by atoms with Crippen LogP contribution in [0.3, 0.4) is 0 Å². The van der Waals surface area contributed by atoms with Gasteiger partial charge in [-0.3, -0.25) is 9.69 Å². The largest absolute Gasteiger partial charge is 0.497 e. The molecule has 1 atom stereocenters. The fourth-order valence-corrected chi connectivity index (χ4v) is 4.49. The number of carbonyl (C=O) groups excluding carboxylic acids is 1. The van der Waals surface area contributed by atoms with Crippen molar-refractivity contribution in [1.29, 1.82) is 0 Å². The third kappa shape index (κ3) is 4.68. The van der Waals surface area contributed by atoms with Crippen molar-refractivity contribution in [2.24, 2.45) is 0 Å². The summed E-state index contributed by atoms with van der Waals surface area (Å²) in [5.41, 5.74) is 2.00. The van der Waals surface area contributed by atoms with E-state index in [2.05, 4.69) is 41.2 Å². The van der Waals surface area contributed by atoms with Gasteiger partial charge in [-0.2, -0.15) is 0 Å². The fraction of sp³-hybridized carbons (Fsp3) is 0.524. The van der Waals surface area contributed by atoms with Gasteiger partial charge >= 0.3 is 0 Å². The molecule has 2 aromatic rings. The molecule has 1 aromatic carbocycles. The van der Waals surface area contributed by atoms with Gasteiger partial charge in [0.25, 0.3) is 5.91 Å². The van der Waals surface area contributed by atoms with E-state index in [0.717, 1.165) is 34.4 Å². The number of benzene rings is 1. The predicted molar refractivity (Wildman–Crippen MR) is 110 cm³/mol. The van der Waals surface area contributed by atoms with Crippen LogP contribution in [0.2, 0.25) is 0 Å². The van der Waals surface area contributed by atoms with Crippen molar-refractivity contribution in [1.82, 2.24) is 15.2 Å². The fourth-order valence-electron chi connectivity index (χ4n) is 3.50. The van der Waals surface area contributed by atoms with E-state index in [0.29, 0.717) is 12.5 Å². The zero-order valence-corrected chi connectivity index (χ0v) is 17.4. The predicted octanol–water partition coefficient (Wildman–Crippen LogP) is 4.15. The molecular weight excluding hydrogens is 358 g/mol. The molecule has 0 saturated carbocycles. The highest BCUT2D eigenvalue weighted by molar-refractivity contribution is 7.13. The summed E-state index contributed by atoms with van der Waals surface area (Å²) in [6.45, 7) is 8.83. The Morgan fingerprint density at radius 2 is 2.07 bits per heavy atom. The Hall–Kier alpha value is -1.92. The van der Waals surface area contributed by atoms with Crippen molar-refractivity contribution in [3.05, 3.63) is 45.4 Å². The Morgan fingerprint density at radius 1 is 1.33 bits per heavy atom. The summed E-state index contributed by atoms with van der Waals surface area (Å²) in [5.74, 6) is 1.16. The number of nitrogens with zero attached hydrogens (tertiary/aromatic N) is 2. The number of likely N-dealkylation sites (tertiary alicyclic amines) is 1. The first-order valence-electron chi connectivity index (χ1n) is 9.63. The molecule has 0 spiro atoms. The van der Waals surface area contributed by atoms with Crippen LogP contribution in [0.1, 0.15) is 64.6 Å². The molecular formula is C21H29N3O2S. The maximum atomic E-state index is 12.8. The molecule has 0 unspecified atom stereocenters. The molecule has 1 saturated heterocycles. The smallest absolute Gasteiger partial charge is 0.263 e. The summed E-state index contributed by atoms with van der Waals surface area (Å²) >= 11 is 1.50. The lowest BCUT2D eigenvalue weighted by atomic mass is 10.0. The van der Waals surface area contributed by atoms with Gasteiger partial charge in [0.2, 0.25) is 0 Å². The Balaban J connectivity index is 1.75. The van der Waals surface area contributed by atoms with Crippen LogP contribution >= 0.6 is 11.3 Å². The van der Waals surface area contributed by atoms with Crippen molar-refractivity contribution in [3.8, 4) is 5.75 Å². The van der Waals surface area contributed by atoms with Crippen LogP contribution in [-0.4, -0.2) is 42.5 Å². The number of methoxy groups -OCH3 is 1. The normalized spacial score (nSPS) is 15.9. The molecule has 27 heavy (non-hydrogen) atoms. The van der Waals surface area contributed by atoms with Gasteiger partial charge < -0.3 is 10.1 Å². The Bertz CT molecular complexity index is 781. The zero-order chi connectivity index (χ0) is 19.4. The number of amides is 1. The minimum absolute atomic E-state index is 0.0241. The van der Waals surface area contributed by atoms with Gasteiger partial charge in [0, 0.05) is 12.5 Å². The second-order valence-electron chi connectivity index (χ2n) is 7.37. The highest BCUT2D eigenvalue weighted by Crippen LogP contribution is 2.28. The number of carbonyl (C=O) groups is 1. The monoisotopic (exact) mass is 387 g/mol. The second-order valence-corrected chi connectivity index (χ2v) is 8.40. The molecule has 146 valence electrons. The average molecular weight is 388 g/mol. The van der Waals surface area contributed by atoms with Crippen molar-refractivity contribution < 1.29 is 9.53 Å². The highest BCUT2D eigenvalue weighted by Gasteiger charge is 2.25. The topological polar surface area (TPSA) is 54.5 Å². The number of thiazole rings is 1. The van der Waals surface area contributed by atoms with Crippen LogP contribution in [0.5, 0.6) is 5.75 Å². The minimum Gasteiger partial charge on any atom is -0.497 e. The maximum Gasteiger partial charge on any atom is 0.263 e. The van der Waals surface area contributed by atoms with E-state index in [1.807, 2.05) is 19.1 Å². The number of rotatable bonds is 7. The number of hydrogen-bond acceptors (Lipinski definition) is 5. The molecule has 1 fully saturated rings. The lowest BCUT2D eigenvalue weighted by Crippen LogP contribution is -2.36. The quantitative estimate of drug-likeness (QED) is 0.775. The molecule has 0 aliphatic carbocycles. The second kappa shape index (κ2) is 8.85. The first-order valence-corrected chi connectivity index (χ1v) is 10.4. The summed E-state index contributed by atoms with van der Waals surface area (Å²) in [5, 5.41) is 4.17. The van der Waals surface area contributed by atoms with Gasteiger partial charge in [-0.15, -0.1) is 11.3 Å². The molecule has 2 heterocycles. The lowest BCUT2D eigenvalue weighted by Gasteiger charge is -2.28. The van der Waals surface area contributed by atoms with Crippen molar-refractivity contribution in [2.75, 3.05) is 26.7 Å². The number of aryl methyl sites for hydroxylation is 1. The van der Waals surface area contributed by atoms with Crippen LogP contribution in [0, 0.1) is 6.92 Å². The van der Waals surface area contributed by atoms with Crippen LogP contribution in [0.4, 0.5) is 0 Å². The van der Waals surface area contributed by atoms with Crippen molar-refractivity contribution >= 4 is 17.2 Å². The summed E-state index contributed by atoms with van der Waals surface area (Å²) in [7, 11) is 1.69. The van der Waals surface area contributed by atoms with Crippen molar-refractivity contribution in [2.45, 2.75) is 45.6 Å². The molecule has 1 aliphatic rings. The van der Waals surface area contributed by atoms with Crippen LogP contribution < -0.4 is 10.1 Å². The Labute approximate surface area is 165 Å². The van der Waals surface area contributed by atoms with E-state index in [1.54, 1.807) is 7.11 Å².